The van der Waals surface area contributed by atoms with Gasteiger partial charge in [0.1, 0.15) is 5.82 Å². The van der Waals surface area contributed by atoms with Gasteiger partial charge < -0.3 is 10.6 Å². The van der Waals surface area contributed by atoms with E-state index < -0.39 is 0 Å². The van der Waals surface area contributed by atoms with Crippen LogP contribution in [0.1, 0.15) is 16.7 Å². The summed E-state index contributed by atoms with van der Waals surface area (Å²) in [7, 11) is 0. The third-order valence-electron chi connectivity index (χ3n) is 2.97. The summed E-state index contributed by atoms with van der Waals surface area (Å²) in [4.78, 5) is 0. The first kappa shape index (κ1) is 14.5. The van der Waals surface area contributed by atoms with Crippen LogP contribution in [0.3, 0.4) is 0 Å². The van der Waals surface area contributed by atoms with E-state index >= 15 is 0 Å². The minimum Gasteiger partial charge on any atom is -0.358 e. The van der Waals surface area contributed by atoms with Crippen LogP contribution in [-0.4, -0.2) is 5.11 Å². The number of benzene rings is 2. The van der Waals surface area contributed by atoms with E-state index in [0.29, 0.717) is 11.7 Å². The molecule has 0 spiro atoms. The molecule has 0 aromatic heterocycles. The first-order valence-corrected chi connectivity index (χ1v) is 6.82. The molecule has 4 heteroatoms. The van der Waals surface area contributed by atoms with Crippen LogP contribution in [0.5, 0.6) is 0 Å². The van der Waals surface area contributed by atoms with Crippen molar-refractivity contribution in [2.75, 3.05) is 5.32 Å². The summed E-state index contributed by atoms with van der Waals surface area (Å²) < 4.78 is 13.1. The van der Waals surface area contributed by atoms with E-state index in [1.54, 1.807) is 6.07 Å². The number of rotatable bonds is 3. The molecule has 2 aromatic carbocycles. The van der Waals surface area contributed by atoms with Crippen molar-refractivity contribution in [1.82, 2.24) is 5.32 Å². The van der Waals surface area contributed by atoms with Crippen molar-refractivity contribution in [2.24, 2.45) is 0 Å². The zero-order valence-corrected chi connectivity index (χ0v) is 12.4. The minimum absolute atomic E-state index is 0.238. The minimum atomic E-state index is -0.238. The summed E-state index contributed by atoms with van der Waals surface area (Å²) in [5.41, 5.74) is 4.19. The lowest BCUT2D eigenvalue weighted by Crippen LogP contribution is -2.28. The molecule has 2 N–H and O–H groups in total. The number of halogens is 1. The van der Waals surface area contributed by atoms with Gasteiger partial charge >= 0.3 is 0 Å². The summed E-state index contributed by atoms with van der Waals surface area (Å²) in [5.74, 6) is -0.238. The van der Waals surface area contributed by atoms with Crippen LogP contribution in [-0.2, 0) is 6.54 Å². The molecular formula is C16H17FN2S. The van der Waals surface area contributed by atoms with E-state index in [0.717, 1.165) is 16.8 Å². The van der Waals surface area contributed by atoms with Crippen molar-refractivity contribution in [1.29, 1.82) is 0 Å². The van der Waals surface area contributed by atoms with Crippen molar-refractivity contribution in [3.8, 4) is 0 Å². The smallest absolute Gasteiger partial charge is 0.171 e. The second-order valence-electron chi connectivity index (χ2n) is 4.76. The Morgan fingerprint density at radius 1 is 1.15 bits per heavy atom. The third-order valence-corrected chi connectivity index (χ3v) is 3.22. The summed E-state index contributed by atoms with van der Waals surface area (Å²) in [5, 5.41) is 6.75. The Balaban J connectivity index is 1.92. The number of nitrogens with one attached hydrogen (secondary N) is 2. The SMILES string of the molecule is Cc1ccc(NC(=S)NCc2cccc(F)c2)c(C)c1. The average Bonchev–Trinajstić information content (AvgIpc) is 2.40. The topological polar surface area (TPSA) is 24.1 Å². The molecule has 0 fully saturated rings. The predicted octanol–water partition coefficient (Wildman–Crippen LogP) is 3.93. The molecule has 0 bridgehead atoms. The summed E-state index contributed by atoms with van der Waals surface area (Å²) >= 11 is 5.24. The van der Waals surface area contributed by atoms with Crippen molar-refractivity contribution < 1.29 is 4.39 Å². The largest absolute Gasteiger partial charge is 0.358 e. The van der Waals surface area contributed by atoms with Crippen molar-refractivity contribution in [2.45, 2.75) is 20.4 Å². The Hall–Kier alpha value is -1.94. The molecule has 104 valence electrons. The van der Waals surface area contributed by atoms with Gasteiger partial charge in [-0.25, -0.2) is 4.39 Å². The fraction of sp³-hybridized carbons (Fsp3) is 0.188. The van der Waals surface area contributed by atoms with Gasteiger partial charge in [0.25, 0.3) is 0 Å². The third kappa shape index (κ3) is 4.03. The van der Waals surface area contributed by atoms with E-state index in [1.165, 1.54) is 17.7 Å². The lowest BCUT2D eigenvalue weighted by Gasteiger charge is -2.13. The van der Waals surface area contributed by atoms with Gasteiger partial charge in [0.05, 0.1) is 0 Å². The van der Waals surface area contributed by atoms with Crippen molar-refractivity contribution in [3.05, 3.63) is 65.0 Å². The maximum absolute atomic E-state index is 13.1. The van der Waals surface area contributed by atoms with Gasteiger partial charge in [-0.15, -0.1) is 0 Å². The van der Waals surface area contributed by atoms with Crippen molar-refractivity contribution >= 4 is 23.0 Å². The van der Waals surface area contributed by atoms with E-state index in [1.807, 2.05) is 25.1 Å². The van der Waals surface area contributed by atoms with Gasteiger partial charge in [0, 0.05) is 12.2 Å². The van der Waals surface area contributed by atoms with E-state index in [4.69, 9.17) is 12.2 Å². The quantitative estimate of drug-likeness (QED) is 0.837. The molecule has 0 aliphatic heterocycles. The monoisotopic (exact) mass is 288 g/mol. The molecule has 0 amide bonds. The van der Waals surface area contributed by atoms with Crippen LogP contribution in [0.2, 0.25) is 0 Å². The summed E-state index contributed by atoms with van der Waals surface area (Å²) in [6.07, 6.45) is 0. The van der Waals surface area contributed by atoms with Crippen LogP contribution >= 0.6 is 12.2 Å². The predicted molar refractivity (Wildman–Crippen MR) is 85.4 cm³/mol. The van der Waals surface area contributed by atoms with Crippen LogP contribution in [0.25, 0.3) is 0 Å². The molecule has 0 atom stereocenters. The highest BCUT2D eigenvalue weighted by Crippen LogP contribution is 2.15. The van der Waals surface area contributed by atoms with Gasteiger partial charge in [-0.3, -0.25) is 0 Å². The maximum Gasteiger partial charge on any atom is 0.171 e. The Labute approximate surface area is 124 Å². The van der Waals surface area contributed by atoms with Crippen molar-refractivity contribution in [3.63, 3.8) is 0 Å². The normalized spacial score (nSPS) is 10.2. The molecular weight excluding hydrogens is 271 g/mol. The first-order valence-electron chi connectivity index (χ1n) is 6.41. The zero-order chi connectivity index (χ0) is 14.5. The number of anilines is 1. The van der Waals surface area contributed by atoms with Gasteiger partial charge in [0.15, 0.2) is 5.11 Å². The van der Waals surface area contributed by atoms with Gasteiger partial charge in [-0.1, -0.05) is 29.8 Å². The Kier molecular flexibility index (Phi) is 4.69. The maximum atomic E-state index is 13.1. The summed E-state index contributed by atoms with van der Waals surface area (Å²) in [6, 6.07) is 12.6. The highest BCUT2D eigenvalue weighted by molar-refractivity contribution is 7.80. The molecule has 0 unspecified atom stereocenters. The lowest BCUT2D eigenvalue weighted by atomic mass is 10.1. The highest BCUT2D eigenvalue weighted by atomic mass is 32.1. The van der Waals surface area contributed by atoms with Crippen LogP contribution < -0.4 is 10.6 Å². The zero-order valence-electron chi connectivity index (χ0n) is 11.5. The van der Waals surface area contributed by atoms with Crippen LogP contribution in [0.4, 0.5) is 10.1 Å². The number of hydrogen-bond acceptors (Lipinski definition) is 1. The molecule has 0 aliphatic rings. The van der Waals surface area contributed by atoms with Crippen LogP contribution in [0.15, 0.2) is 42.5 Å². The highest BCUT2D eigenvalue weighted by Gasteiger charge is 2.02. The average molecular weight is 288 g/mol. The van der Waals surface area contributed by atoms with E-state index in [2.05, 4.69) is 23.6 Å². The number of aryl methyl sites for hydroxylation is 2. The molecule has 0 radical (unpaired) electrons. The molecule has 2 rings (SSSR count). The lowest BCUT2D eigenvalue weighted by molar-refractivity contribution is 0.625. The van der Waals surface area contributed by atoms with Gasteiger partial charge in [-0.05, 0) is 55.4 Å². The molecule has 0 saturated carbocycles. The van der Waals surface area contributed by atoms with E-state index in [-0.39, 0.29) is 5.82 Å². The molecule has 20 heavy (non-hydrogen) atoms. The van der Waals surface area contributed by atoms with E-state index in [9.17, 15) is 4.39 Å². The molecule has 2 nitrogen and oxygen atoms in total. The summed E-state index contributed by atoms with van der Waals surface area (Å²) in [6.45, 7) is 4.58. The molecule has 2 aromatic rings. The van der Waals surface area contributed by atoms with Gasteiger partial charge in [0.2, 0.25) is 0 Å². The fourth-order valence-corrected chi connectivity index (χ4v) is 2.13. The van der Waals surface area contributed by atoms with Gasteiger partial charge in [-0.2, -0.15) is 0 Å². The fourth-order valence-electron chi connectivity index (χ4n) is 1.95. The molecule has 0 heterocycles. The second-order valence-corrected chi connectivity index (χ2v) is 5.16. The molecule has 0 aliphatic carbocycles. The Morgan fingerprint density at radius 3 is 2.65 bits per heavy atom. The number of hydrogen-bond donors (Lipinski definition) is 2. The number of thiocarbonyl (C=S) groups is 1. The van der Waals surface area contributed by atoms with Crippen LogP contribution in [0, 0.1) is 19.7 Å². The first-order chi connectivity index (χ1) is 9.54. The Morgan fingerprint density at radius 2 is 1.95 bits per heavy atom. The molecule has 0 saturated heterocycles. The Bertz CT molecular complexity index is 626. The standard InChI is InChI=1S/C16H17FN2S/c1-11-6-7-15(12(2)8-11)19-16(20)18-10-13-4-3-5-14(17)9-13/h3-9H,10H2,1-2H3,(H2,18,19,20). The second kappa shape index (κ2) is 6.48.